The van der Waals surface area contributed by atoms with Gasteiger partial charge in [0.25, 0.3) is 0 Å². The minimum absolute atomic E-state index is 0.0782. The van der Waals surface area contributed by atoms with Crippen molar-refractivity contribution in [2.75, 3.05) is 7.11 Å². The standard InChI is InChI=1S/C13H11NO2/c1-16-12-7-3-2-6-11(12)13(15)10-5-4-8-14-9-10/h2-9H,1H3. The first-order chi connectivity index (χ1) is 7.83. The number of para-hydroxylation sites is 1. The molecular formula is C13H11NO2. The summed E-state index contributed by atoms with van der Waals surface area (Å²) in [5.41, 5.74) is 1.12. The summed E-state index contributed by atoms with van der Waals surface area (Å²) in [5.74, 6) is 0.502. The van der Waals surface area contributed by atoms with E-state index in [1.807, 2.05) is 12.1 Å². The van der Waals surface area contributed by atoms with Gasteiger partial charge in [-0.25, -0.2) is 0 Å². The van der Waals surface area contributed by atoms with E-state index in [9.17, 15) is 4.79 Å². The van der Waals surface area contributed by atoms with Crippen LogP contribution in [-0.4, -0.2) is 17.9 Å². The van der Waals surface area contributed by atoms with Crippen molar-refractivity contribution in [3.8, 4) is 5.75 Å². The van der Waals surface area contributed by atoms with E-state index >= 15 is 0 Å². The first kappa shape index (κ1) is 10.4. The van der Waals surface area contributed by atoms with E-state index in [-0.39, 0.29) is 5.78 Å². The molecule has 0 radical (unpaired) electrons. The second kappa shape index (κ2) is 4.57. The Morgan fingerprint density at radius 2 is 2.00 bits per heavy atom. The molecule has 1 aromatic carbocycles. The molecule has 16 heavy (non-hydrogen) atoms. The molecule has 0 atom stereocenters. The molecule has 2 aromatic rings. The van der Waals surface area contributed by atoms with Crippen molar-refractivity contribution in [1.82, 2.24) is 4.98 Å². The molecule has 0 saturated carbocycles. The molecule has 0 unspecified atom stereocenters. The predicted molar refractivity (Wildman–Crippen MR) is 60.7 cm³/mol. The molecule has 80 valence electrons. The van der Waals surface area contributed by atoms with Gasteiger partial charge >= 0.3 is 0 Å². The van der Waals surface area contributed by atoms with Gasteiger partial charge in [-0.2, -0.15) is 0 Å². The van der Waals surface area contributed by atoms with Crippen LogP contribution in [0.2, 0.25) is 0 Å². The molecule has 1 heterocycles. The molecule has 0 saturated heterocycles. The SMILES string of the molecule is COc1ccccc1C(=O)c1cccnc1. The van der Waals surface area contributed by atoms with Crippen molar-refractivity contribution in [1.29, 1.82) is 0 Å². The lowest BCUT2D eigenvalue weighted by molar-refractivity contribution is 0.103. The molecule has 0 spiro atoms. The summed E-state index contributed by atoms with van der Waals surface area (Å²) in [6.07, 6.45) is 3.19. The predicted octanol–water partition coefficient (Wildman–Crippen LogP) is 2.32. The smallest absolute Gasteiger partial charge is 0.198 e. The summed E-state index contributed by atoms with van der Waals surface area (Å²) in [6, 6.07) is 10.6. The van der Waals surface area contributed by atoms with Crippen LogP contribution in [0.3, 0.4) is 0 Å². The summed E-state index contributed by atoms with van der Waals surface area (Å²) >= 11 is 0. The molecule has 2 rings (SSSR count). The fourth-order valence-corrected chi connectivity index (χ4v) is 1.48. The Morgan fingerprint density at radius 3 is 2.69 bits per heavy atom. The average Bonchev–Trinajstić information content (AvgIpc) is 2.39. The highest BCUT2D eigenvalue weighted by Gasteiger charge is 2.13. The van der Waals surface area contributed by atoms with Crippen molar-refractivity contribution in [3.63, 3.8) is 0 Å². The summed E-state index contributed by atoms with van der Waals surface area (Å²) in [7, 11) is 1.55. The Kier molecular flexibility index (Phi) is 2.96. The van der Waals surface area contributed by atoms with Gasteiger partial charge in [0.15, 0.2) is 5.78 Å². The van der Waals surface area contributed by atoms with E-state index in [0.717, 1.165) is 0 Å². The number of carbonyl (C=O) groups excluding carboxylic acids is 1. The van der Waals surface area contributed by atoms with E-state index in [1.54, 1.807) is 43.8 Å². The maximum atomic E-state index is 12.1. The highest BCUT2D eigenvalue weighted by Crippen LogP contribution is 2.20. The van der Waals surface area contributed by atoms with E-state index < -0.39 is 0 Å². The first-order valence-electron chi connectivity index (χ1n) is 4.90. The lowest BCUT2D eigenvalue weighted by Gasteiger charge is -2.06. The fraction of sp³-hybridized carbons (Fsp3) is 0.0769. The van der Waals surface area contributed by atoms with Crippen LogP contribution in [0.25, 0.3) is 0 Å². The van der Waals surface area contributed by atoms with E-state index in [4.69, 9.17) is 4.74 Å². The van der Waals surface area contributed by atoms with Crippen molar-refractivity contribution in [2.24, 2.45) is 0 Å². The van der Waals surface area contributed by atoms with Crippen molar-refractivity contribution in [2.45, 2.75) is 0 Å². The molecule has 3 heteroatoms. The number of ketones is 1. The van der Waals surface area contributed by atoms with Crippen LogP contribution < -0.4 is 4.74 Å². The van der Waals surface area contributed by atoms with Crippen molar-refractivity contribution in [3.05, 3.63) is 59.9 Å². The third-order valence-corrected chi connectivity index (χ3v) is 2.28. The first-order valence-corrected chi connectivity index (χ1v) is 4.90. The molecule has 0 aliphatic carbocycles. The normalized spacial score (nSPS) is 9.81. The lowest BCUT2D eigenvalue weighted by Crippen LogP contribution is -2.03. The maximum Gasteiger partial charge on any atom is 0.198 e. The van der Waals surface area contributed by atoms with Crippen LogP contribution in [0.4, 0.5) is 0 Å². The molecular weight excluding hydrogens is 202 g/mol. The van der Waals surface area contributed by atoms with Gasteiger partial charge in [-0.3, -0.25) is 9.78 Å². The molecule has 3 nitrogen and oxygen atoms in total. The van der Waals surface area contributed by atoms with Crippen LogP contribution in [0.5, 0.6) is 5.75 Å². The summed E-state index contributed by atoms with van der Waals surface area (Å²) in [4.78, 5) is 16.0. The summed E-state index contributed by atoms with van der Waals surface area (Å²) < 4.78 is 5.15. The molecule has 0 N–H and O–H groups in total. The summed E-state index contributed by atoms with van der Waals surface area (Å²) in [6.45, 7) is 0. The Hall–Kier alpha value is -2.16. The Bertz CT molecular complexity index is 494. The number of pyridine rings is 1. The van der Waals surface area contributed by atoms with E-state index in [1.165, 1.54) is 0 Å². The Morgan fingerprint density at radius 1 is 1.19 bits per heavy atom. The van der Waals surface area contributed by atoms with Gasteiger partial charge in [0.05, 0.1) is 12.7 Å². The van der Waals surface area contributed by atoms with Crippen LogP contribution in [0, 0.1) is 0 Å². The Labute approximate surface area is 93.7 Å². The Balaban J connectivity index is 2.42. The molecule has 0 bridgehead atoms. The second-order valence-electron chi connectivity index (χ2n) is 3.27. The third kappa shape index (κ3) is 1.93. The number of rotatable bonds is 3. The number of nitrogens with zero attached hydrogens (tertiary/aromatic N) is 1. The second-order valence-corrected chi connectivity index (χ2v) is 3.27. The van der Waals surface area contributed by atoms with Crippen LogP contribution in [0.15, 0.2) is 48.8 Å². The number of methoxy groups -OCH3 is 1. The molecule has 0 amide bonds. The average molecular weight is 213 g/mol. The van der Waals surface area contributed by atoms with Gasteiger partial charge in [0, 0.05) is 18.0 Å². The van der Waals surface area contributed by atoms with Gasteiger partial charge < -0.3 is 4.74 Å². The van der Waals surface area contributed by atoms with Crippen LogP contribution in [0.1, 0.15) is 15.9 Å². The number of aromatic nitrogens is 1. The van der Waals surface area contributed by atoms with E-state index in [2.05, 4.69) is 4.98 Å². The molecule has 0 aliphatic rings. The zero-order valence-electron chi connectivity index (χ0n) is 8.88. The van der Waals surface area contributed by atoms with Gasteiger partial charge in [-0.15, -0.1) is 0 Å². The zero-order valence-corrected chi connectivity index (χ0v) is 8.88. The fourth-order valence-electron chi connectivity index (χ4n) is 1.48. The van der Waals surface area contributed by atoms with Crippen LogP contribution >= 0.6 is 0 Å². The van der Waals surface area contributed by atoms with Gasteiger partial charge in [-0.05, 0) is 24.3 Å². The minimum Gasteiger partial charge on any atom is -0.496 e. The number of hydrogen-bond donors (Lipinski definition) is 0. The van der Waals surface area contributed by atoms with E-state index in [0.29, 0.717) is 16.9 Å². The lowest BCUT2D eigenvalue weighted by atomic mass is 10.0. The maximum absolute atomic E-state index is 12.1. The summed E-state index contributed by atoms with van der Waals surface area (Å²) in [5, 5.41) is 0. The number of carbonyl (C=O) groups is 1. The largest absolute Gasteiger partial charge is 0.496 e. The zero-order chi connectivity index (χ0) is 11.4. The topological polar surface area (TPSA) is 39.2 Å². The van der Waals surface area contributed by atoms with Gasteiger partial charge in [0.2, 0.25) is 0 Å². The quantitative estimate of drug-likeness (QED) is 0.734. The number of hydrogen-bond acceptors (Lipinski definition) is 3. The number of benzene rings is 1. The monoisotopic (exact) mass is 213 g/mol. The number of ether oxygens (including phenoxy) is 1. The van der Waals surface area contributed by atoms with Gasteiger partial charge in [-0.1, -0.05) is 12.1 Å². The van der Waals surface area contributed by atoms with Crippen LogP contribution in [-0.2, 0) is 0 Å². The molecule has 1 aromatic heterocycles. The third-order valence-electron chi connectivity index (χ3n) is 2.28. The van der Waals surface area contributed by atoms with Crippen molar-refractivity contribution < 1.29 is 9.53 Å². The minimum atomic E-state index is -0.0782. The molecule has 0 fully saturated rings. The van der Waals surface area contributed by atoms with Crippen molar-refractivity contribution >= 4 is 5.78 Å². The highest BCUT2D eigenvalue weighted by atomic mass is 16.5. The van der Waals surface area contributed by atoms with Gasteiger partial charge in [0.1, 0.15) is 5.75 Å². The highest BCUT2D eigenvalue weighted by molar-refractivity contribution is 6.10. The molecule has 0 aliphatic heterocycles.